The molecular weight excluding hydrogens is 410 g/mol. The Balaban J connectivity index is 1.43. The number of hydrogen-bond acceptors (Lipinski definition) is 6. The molecule has 1 N–H and O–H groups in total. The van der Waals surface area contributed by atoms with Crippen LogP contribution in [0.5, 0.6) is 5.75 Å². The van der Waals surface area contributed by atoms with E-state index in [9.17, 15) is 19.5 Å². The standard InChI is InChI=1S/C25H27NO6/c1-14-21(12-11-19-18-5-3-4-6-20(18)25(30)32-22(14)19)31-15(2)23(27)26-13-16-7-9-17(10-8-16)24(28)29/h3-6,11-12,15-17H,7-10,13H2,1-2H3,(H,26,27)(H,28,29)/p-1/t15-,16?,17?/m1/s1. The van der Waals surface area contributed by atoms with Crippen LogP contribution in [0.15, 0.2) is 45.6 Å². The molecule has 1 saturated carbocycles. The summed E-state index contributed by atoms with van der Waals surface area (Å²) in [4.78, 5) is 35.9. The number of benzene rings is 2. The minimum Gasteiger partial charge on any atom is -0.550 e. The number of aliphatic carboxylic acids is 1. The molecule has 1 aliphatic rings. The second-order valence-corrected chi connectivity index (χ2v) is 8.54. The van der Waals surface area contributed by atoms with Crippen LogP contribution in [0.1, 0.15) is 38.2 Å². The summed E-state index contributed by atoms with van der Waals surface area (Å²) in [6, 6.07) is 10.9. The first kappa shape index (κ1) is 21.9. The normalized spacial score (nSPS) is 19.6. The third kappa shape index (κ3) is 4.33. The molecule has 1 aliphatic carbocycles. The number of fused-ring (bicyclic) bond motifs is 3. The van der Waals surface area contributed by atoms with Crippen molar-refractivity contribution in [3.8, 4) is 5.75 Å². The van der Waals surface area contributed by atoms with Gasteiger partial charge < -0.3 is 24.4 Å². The van der Waals surface area contributed by atoms with E-state index in [1.807, 2.05) is 18.2 Å². The van der Waals surface area contributed by atoms with Crippen LogP contribution in [0.3, 0.4) is 0 Å². The van der Waals surface area contributed by atoms with Crippen molar-refractivity contribution in [2.75, 3.05) is 6.54 Å². The summed E-state index contributed by atoms with van der Waals surface area (Å²) in [5.74, 6) is -0.868. The third-order valence-electron chi connectivity index (χ3n) is 6.41. The molecule has 4 rings (SSSR count). The SMILES string of the molecule is Cc1c(O[C@H](C)C(=O)NCC2CCC(C(=O)[O-])CC2)ccc2c1oc(=O)c1ccccc12. The fourth-order valence-corrected chi connectivity index (χ4v) is 4.42. The summed E-state index contributed by atoms with van der Waals surface area (Å²) in [6.45, 7) is 3.96. The van der Waals surface area contributed by atoms with Crippen LogP contribution in [0.2, 0.25) is 0 Å². The Kier molecular flexibility index (Phi) is 6.17. The Bertz CT molecular complexity index is 1220. The number of hydrogen-bond donors (Lipinski definition) is 1. The highest BCUT2D eigenvalue weighted by Gasteiger charge is 2.24. The highest BCUT2D eigenvalue weighted by Crippen LogP contribution is 2.31. The fraction of sp³-hybridized carbons (Fsp3) is 0.400. The van der Waals surface area contributed by atoms with Gasteiger partial charge in [0.15, 0.2) is 6.10 Å². The molecule has 32 heavy (non-hydrogen) atoms. The third-order valence-corrected chi connectivity index (χ3v) is 6.41. The molecule has 7 heteroatoms. The maximum atomic E-state index is 12.6. The van der Waals surface area contributed by atoms with E-state index in [1.54, 1.807) is 32.0 Å². The van der Waals surface area contributed by atoms with Gasteiger partial charge >= 0.3 is 5.63 Å². The molecule has 0 saturated heterocycles. The van der Waals surface area contributed by atoms with Gasteiger partial charge in [-0.05, 0) is 75.0 Å². The van der Waals surface area contributed by atoms with Crippen LogP contribution < -0.4 is 20.8 Å². The smallest absolute Gasteiger partial charge is 0.344 e. The van der Waals surface area contributed by atoms with Crippen molar-refractivity contribution in [2.24, 2.45) is 11.8 Å². The van der Waals surface area contributed by atoms with Crippen molar-refractivity contribution in [3.05, 3.63) is 52.4 Å². The van der Waals surface area contributed by atoms with Gasteiger partial charge in [0.25, 0.3) is 5.91 Å². The Morgan fingerprint density at radius 1 is 1.09 bits per heavy atom. The predicted molar refractivity (Wildman–Crippen MR) is 118 cm³/mol. The van der Waals surface area contributed by atoms with Gasteiger partial charge in [-0.1, -0.05) is 18.2 Å². The van der Waals surface area contributed by atoms with Crippen molar-refractivity contribution in [1.29, 1.82) is 0 Å². The first-order valence-electron chi connectivity index (χ1n) is 11.0. The van der Waals surface area contributed by atoms with Gasteiger partial charge in [-0.15, -0.1) is 0 Å². The van der Waals surface area contributed by atoms with Crippen molar-refractivity contribution >= 4 is 33.6 Å². The molecule has 0 radical (unpaired) electrons. The number of carboxylic acid groups (broad SMARTS) is 1. The number of rotatable bonds is 6. The van der Waals surface area contributed by atoms with Gasteiger partial charge in [0, 0.05) is 23.5 Å². The summed E-state index contributed by atoms with van der Waals surface area (Å²) in [5, 5.41) is 16.0. The number of carbonyl (C=O) groups excluding carboxylic acids is 2. The second kappa shape index (κ2) is 9.02. The Morgan fingerprint density at radius 2 is 1.78 bits per heavy atom. The molecule has 0 aliphatic heterocycles. The largest absolute Gasteiger partial charge is 0.550 e. The van der Waals surface area contributed by atoms with Gasteiger partial charge in [-0.2, -0.15) is 0 Å². The molecule has 3 aromatic rings. The van der Waals surface area contributed by atoms with Crippen LogP contribution in [0, 0.1) is 18.8 Å². The van der Waals surface area contributed by atoms with Crippen LogP contribution >= 0.6 is 0 Å². The summed E-state index contributed by atoms with van der Waals surface area (Å²) in [5.41, 5.74) is 0.696. The lowest BCUT2D eigenvalue weighted by Gasteiger charge is -2.29. The maximum Gasteiger partial charge on any atom is 0.344 e. The Labute approximate surface area is 185 Å². The topological polar surface area (TPSA) is 109 Å². The van der Waals surface area contributed by atoms with Gasteiger partial charge in [-0.3, -0.25) is 4.79 Å². The molecule has 1 amide bonds. The molecule has 1 atom stereocenters. The summed E-state index contributed by atoms with van der Waals surface area (Å²) < 4.78 is 11.5. The molecule has 0 bridgehead atoms. The summed E-state index contributed by atoms with van der Waals surface area (Å²) in [7, 11) is 0. The zero-order valence-electron chi connectivity index (χ0n) is 18.2. The van der Waals surface area contributed by atoms with Crippen LogP contribution in [0.4, 0.5) is 0 Å². The van der Waals surface area contributed by atoms with E-state index in [0.717, 1.165) is 23.6 Å². The monoisotopic (exact) mass is 436 g/mol. The summed E-state index contributed by atoms with van der Waals surface area (Å²) >= 11 is 0. The molecule has 168 valence electrons. The first-order chi connectivity index (χ1) is 15.3. The molecule has 0 unspecified atom stereocenters. The second-order valence-electron chi connectivity index (χ2n) is 8.54. The molecule has 0 spiro atoms. The molecule has 7 nitrogen and oxygen atoms in total. The van der Waals surface area contributed by atoms with Gasteiger partial charge in [0.1, 0.15) is 11.3 Å². The molecule has 1 heterocycles. The van der Waals surface area contributed by atoms with E-state index in [4.69, 9.17) is 9.15 Å². The Hall–Kier alpha value is -3.35. The van der Waals surface area contributed by atoms with Crippen molar-refractivity contribution in [1.82, 2.24) is 5.32 Å². The quantitative estimate of drug-likeness (QED) is 0.470. The lowest BCUT2D eigenvalue weighted by molar-refractivity contribution is -0.312. The average molecular weight is 436 g/mol. The lowest BCUT2D eigenvalue weighted by Crippen LogP contribution is -2.40. The van der Waals surface area contributed by atoms with Crippen molar-refractivity contribution < 1.29 is 23.8 Å². The average Bonchev–Trinajstić information content (AvgIpc) is 2.80. The zero-order valence-corrected chi connectivity index (χ0v) is 18.2. The van der Waals surface area contributed by atoms with Gasteiger partial charge in [-0.25, -0.2) is 4.79 Å². The number of ether oxygens (including phenoxy) is 1. The number of amides is 1. The van der Waals surface area contributed by atoms with Gasteiger partial charge in [0.2, 0.25) is 0 Å². The van der Waals surface area contributed by atoms with Gasteiger partial charge in [0.05, 0.1) is 5.39 Å². The number of carbonyl (C=O) groups is 2. The first-order valence-corrected chi connectivity index (χ1v) is 11.0. The van der Waals surface area contributed by atoms with Crippen molar-refractivity contribution in [3.63, 3.8) is 0 Å². The molecule has 1 fully saturated rings. The predicted octanol–water partition coefficient (Wildman–Crippen LogP) is 2.69. The van der Waals surface area contributed by atoms with Crippen molar-refractivity contribution in [2.45, 2.75) is 45.6 Å². The van der Waals surface area contributed by atoms with Crippen LogP contribution in [-0.2, 0) is 9.59 Å². The highest BCUT2D eigenvalue weighted by molar-refractivity contribution is 6.05. The van der Waals surface area contributed by atoms with E-state index >= 15 is 0 Å². The van der Waals surface area contributed by atoms with E-state index < -0.39 is 17.7 Å². The minimum atomic E-state index is -0.982. The van der Waals surface area contributed by atoms with Crippen LogP contribution in [0.25, 0.3) is 21.7 Å². The highest BCUT2D eigenvalue weighted by atomic mass is 16.5. The zero-order chi connectivity index (χ0) is 22.8. The minimum absolute atomic E-state index is 0.244. The van der Waals surface area contributed by atoms with E-state index in [0.29, 0.717) is 41.7 Å². The van der Waals surface area contributed by atoms with E-state index in [1.165, 1.54) is 0 Å². The van der Waals surface area contributed by atoms with E-state index in [2.05, 4.69) is 5.32 Å². The molecule has 1 aromatic heterocycles. The number of aryl methyl sites for hydroxylation is 1. The molecule has 2 aromatic carbocycles. The number of nitrogens with one attached hydrogen (secondary N) is 1. The number of carboxylic acids is 1. The summed E-state index contributed by atoms with van der Waals surface area (Å²) in [6.07, 6.45) is 1.95. The fourth-order valence-electron chi connectivity index (χ4n) is 4.42. The molecular formula is C25H26NO6-. The maximum absolute atomic E-state index is 12.6. The van der Waals surface area contributed by atoms with Crippen LogP contribution in [-0.4, -0.2) is 24.5 Å². The Morgan fingerprint density at radius 3 is 2.47 bits per heavy atom. The lowest BCUT2D eigenvalue weighted by atomic mass is 9.82. The van der Waals surface area contributed by atoms with E-state index in [-0.39, 0.29) is 17.7 Å².